The van der Waals surface area contributed by atoms with Crippen molar-refractivity contribution in [2.24, 2.45) is 35.0 Å². The lowest BCUT2D eigenvalue weighted by atomic mass is 9.52. The molecule has 0 amide bonds. The minimum atomic E-state index is 0.0607. The first-order valence-corrected chi connectivity index (χ1v) is 12.5. The second-order valence-corrected chi connectivity index (χ2v) is 11.1. The molecule has 0 spiro atoms. The maximum Gasteiger partial charge on any atom is 0.306 e. The highest BCUT2D eigenvalue weighted by molar-refractivity contribution is 5.91. The Hall–Kier alpha value is -1.12. The van der Waals surface area contributed by atoms with Gasteiger partial charge in [-0.3, -0.25) is 9.59 Å². The van der Waals surface area contributed by atoms with E-state index in [1.54, 1.807) is 0 Å². The minimum Gasteiger partial charge on any atom is -0.462 e. The number of hydrogen-bond acceptors (Lipinski definition) is 3. The molecule has 0 N–H and O–H groups in total. The Bertz CT molecular complexity index is 688. The Kier molecular flexibility index (Phi) is 5.37. The van der Waals surface area contributed by atoms with E-state index in [9.17, 15) is 9.59 Å². The molecule has 3 nitrogen and oxygen atoms in total. The fraction of sp³-hybridized carbons (Fsp3) is 0.846. The first-order chi connectivity index (χ1) is 14.0. The number of carbonyl (C=O) groups is 2. The minimum absolute atomic E-state index is 0.0607. The van der Waals surface area contributed by atoms with Crippen molar-refractivity contribution in [3.05, 3.63) is 11.6 Å². The van der Waals surface area contributed by atoms with Gasteiger partial charge in [-0.15, -0.1) is 0 Å². The lowest BCUT2D eigenvalue weighted by Crippen LogP contribution is -2.48. The molecule has 4 saturated carbocycles. The van der Waals surface area contributed by atoms with Gasteiger partial charge in [0, 0.05) is 18.3 Å². The number of allylic oxidation sites excluding steroid dienone is 1. The molecule has 29 heavy (non-hydrogen) atoms. The van der Waals surface area contributed by atoms with Crippen LogP contribution in [0.2, 0.25) is 0 Å². The monoisotopic (exact) mass is 398 g/mol. The van der Waals surface area contributed by atoms with E-state index in [1.807, 2.05) is 6.08 Å². The van der Waals surface area contributed by atoms with Crippen molar-refractivity contribution in [3.8, 4) is 0 Å². The number of hydrogen-bond donors (Lipinski definition) is 0. The van der Waals surface area contributed by atoms with Crippen LogP contribution in [-0.2, 0) is 14.3 Å². The number of fused-ring (bicyclic) bond motifs is 5. The number of esters is 1. The molecule has 0 heterocycles. The van der Waals surface area contributed by atoms with Gasteiger partial charge in [-0.2, -0.15) is 0 Å². The lowest BCUT2D eigenvalue weighted by Gasteiger charge is -2.53. The van der Waals surface area contributed by atoms with E-state index in [1.165, 1.54) is 56.9 Å². The summed E-state index contributed by atoms with van der Waals surface area (Å²) in [6.07, 6.45) is 18.0. The molecule has 5 rings (SSSR count). The predicted molar refractivity (Wildman–Crippen MR) is 113 cm³/mol. The van der Waals surface area contributed by atoms with Crippen LogP contribution in [0.3, 0.4) is 0 Å². The van der Waals surface area contributed by atoms with Crippen molar-refractivity contribution in [2.75, 3.05) is 0 Å². The SMILES string of the molecule is CC12CC[C@@H]3C4CCC(=O)C=C4CCC3[C@@H]1CCC2OC(=O)CCC1CCCC1. The van der Waals surface area contributed by atoms with Gasteiger partial charge in [0.2, 0.25) is 0 Å². The molecule has 4 unspecified atom stereocenters. The van der Waals surface area contributed by atoms with Crippen LogP contribution in [-0.4, -0.2) is 17.9 Å². The standard InChI is InChI=1S/C26H38O3/c1-26-15-14-21-20-10-8-19(27)16-18(20)7-9-22(21)23(26)11-12-24(26)29-25(28)13-6-17-4-2-3-5-17/h16-17,20-24H,2-15H2,1H3/t20?,21-,22?,23+,24?,26?/m1/s1. The van der Waals surface area contributed by atoms with E-state index >= 15 is 0 Å². The van der Waals surface area contributed by atoms with Gasteiger partial charge < -0.3 is 4.74 Å². The summed E-state index contributed by atoms with van der Waals surface area (Å²) in [6, 6.07) is 0. The van der Waals surface area contributed by atoms with Gasteiger partial charge in [-0.25, -0.2) is 0 Å². The van der Waals surface area contributed by atoms with Crippen LogP contribution in [0.5, 0.6) is 0 Å². The zero-order valence-electron chi connectivity index (χ0n) is 18.2. The van der Waals surface area contributed by atoms with Crippen LogP contribution in [0.15, 0.2) is 11.6 Å². The summed E-state index contributed by atoms with van der Waals surface area (Å²) in [6.45, 7) is 2.42. The average molecular weight is 399 g/mol. The van der Waals surface area contributed by atoms with Crippen LogP contribution in [0.1, 0.15) is 96.8 Å². The molecule has 5 aliphatic rings. The third-order valence-corrected chi connectivity index (χ3v) is 9.72. The third kappa shape index (κ3) is 3.61. The summed E-state index contributed by atoms with van der Waals surface area (Å²) in [5.41, 5.74) is 1.63. The Morgan fingerprint density at radius 2 is 1.86 bits per heavy atom. The summed E-state index contributed by atoms with van der Waals surface area (Å²) < 4.78 is 6.15. The molecule has 0 saturated heterocycles. The van der Waals surface area contributed by atoms with E-state index in [2.05, 4.69) is 6.92 Å². The van der Waals surface area contributed by atoms with Gasteiger partial charge in [0.05, 0.1) is 0 Å². The molecule has 5 aliphatic carbocycles. The van der Waals surface area contributed by atoms with Gasteiger partial charge in [-0.1, -0.05) is 38.2 Å². The number of ketones is 1. The molecule has 0 bridgehead atoms. The van der Waals surface area contributed by atoms with Crippen molar-refractivity contribution in [2.45, 2.75) is 103 Å². The molecule has 0 aromatic heterocycles. The Morgan fingerprint density at radius 3 is 2.69 bits per heavy atom. The van der Waals surface area contributed by atoms with E-state index in [-0.39, 0.29) is 17.5 Å². The first kappa shape index (κ1) is 19.8. The Morgan fingerprint density at radius 1 is 1.03 bits per heavy atom. The topological polar surface area (TPSA) is 43.4 Å². The Labute approximate surface area is 176 Å². The average Bonchev–Trinajstić information content (AvgIpc) is 3.34. The van der Waals surface area contributed by atoms with Crippen LogP contribution >= 0.6 is 0 Å². The van der Waals surface area contributed by atoms with E-state index in [0.29, 0.717) is 24.0 Å². The largest absolute Gasteiger partial charge is 0.462 e. The van der Waals surface area contributed by atoms with E-state index in [0.717, 1.165) is 49.9 Å². The second-order valence-electron chi connectivity index (χ2n) is 11.1. The van der Waals surface area contributed by atoms with Crippen molar-refractivity contribution in [3.63, 3.8) is 0 Å². The van der Waals surface area contributed by atoms with Crippen molar-refractivity contribution < 1.29 is 14.3 Å². The van der Waals surface area contributed by atoms with Gasteiger partial charge in [0.1, 0.15) is 6.10 Å². The van der Waals surface area contributed by atoms with Crippen LogP contribution in [0.25, 0.3) is 0 Å². The highest BCUT2D eigenvalue weighted by atomic mass is 16.5. The van der Waals surface area contributed by atoms with Gasteiger partial charge >= 0.3 is 5.97 Å². The number of carbonyl (C=O) groups excluding carboxylic acids is 2. The normalized spacial score (nSPS) is 42.0. The summed E-state index contributed by atoms with van der Waals surface area (Å²) >= 11 is 0. The summed E-state index contributed by atoms with van der Waals surface area (Å²) in [4.78, 5) is 24.5. The summed E-state index contributed by atoms with van der Waals surface area (Å²) in [7, 11) is 0. The molecule has 3 heteroatoms. The van der Waals surface area contributed by atoms with Crippen molar-refractivity contribution in [1.82, 2.24) is 0 Å². The van der Waals surface area contributed by atoms with E-state index in [4.69, 9.17) is 4.74 Å². The molecule has 6 atom stereocenters. The zero-order valence-corrected chi connectivity index (χ0v) is 18.2. The zero-order chi connectivity index (χ0) is 20.0. The van der Waals surface area contributed by atoms with Crippen molar-refractivity contribution in [1.29, 1.82) is 0 Å². The molecular weight excluding hydrogens is 360 g/mol. The number of ether oxygens (including phenoxy) is 1. The highest BCUT2D eigenvalue weighted by Gasteiger charge is 2.57. The smallest absolute Gasteiger partial charge is 0.306 e. The van der Waals surface area contributed by atoms with Gasteiger partial charge in [0.25, 0.3) is 0 Å². The maximum atomic E-state index is 12.6. The highest BCUT2D eigenvalue weighted by Crippen LogP contribution is 2.62. The fourth-order valence-corrected chi connectivity index (χ4v) is 8.16. The molecule has 0 aromatic carbocycles. The molecule has 0 aliphatic heterocycles. The molecular formula is C26H38O3. The first-order valence-electron chi connectivity index (χ1n) is 12.5. The number of rotatable bonds is 4. The molecule has 0 radical (unpaired) electrons. The van der Waals surface area contributed by atoms with E-state index < -0.39 is 0 Å². The Balaban J connectivity index is 1.22. The molecule has 160 valence electrons. The summed E-state index contributed by atoms with van der Waals surface area (Å²) in [5.74, 6) is 4.06. The lowest BCUT2D eigenvalue weighted by molar-refractivity contribution is -0.159. The quantitative estimate of drug-likeness (QED) is 0.545. The van der Waals surface area contributed by atoms with Crippen molar-refractivity contribution >= 4 is 11.8 Å². The second kappa shape index (κ2) is 7.85. The maximum absolute atomic E-state index is 12.6. The van der Waals surface area contributed by atoms with Gasteiger partial charge in [-0.05, 0) is 87.0 Å². The van der Waals surface area contributed by atoms with Crippen LogP contribution in [0, 0.1) is 35.0 Å². The molecule has 0 aromatic rings. The van der Waals surface area contributed by atoms with Crippen LogP contribution in [0.4, 0.5) is 0 Å². The molecule has 4 fully saturated rings. The van der Waals surface area contributed by atoms with Crippen LogP contribution < -0.4 is 0 Å². The third-order valence-electron chi connectivity index (χ3n) is 9.72. The fourth-order valence-electron chi connectivity index (χ4n) is 8.16. The predicted octanol–water partition coefficient (Wildman–Crippen LogP) is 6.01. The van der Waals surface area contributed by atoms with Gasteiger partial charge in [0.15, 0.2) is 5.78 Å². The summed E-state index contributed by atoms with van der Waals surface area (Å²) in [5, 5.41) is 0.